The highest BCUT2D eigenvalue weighted by molar-refractivity contribution is 7.22. The molecule has 0 unspecified atom stereocenters. The van der Waals surface area contributed by atoms with E-state index in [9.17, 15) is 5.11 Å². The second kappa shape index (κ2) is 6.87. The molecule has 0 radical (unpaired) electrons. The number of nitrogens with one attached hydrogen (secondary N) is 1. The maximum absolute atomic E-state index is 9.71. The SMILES string of the molecule is Cc1cc2cc(-c3cnc4ccc(NC5CCC(O)CC5)nn34)sc2cc1C. The number of benzene rings is 1. The summed E-state index contributed by atoms with van der Waals surface area (Å²) in [5.74, 6) is 0.862. The van der Waals surface area contributed by atoms with Crippen LogP contribution in [0.2, 0.25) is 0 Å². The van der Waals surface area contributed by atoms with Crippen LogP contribution in [0.25, 0.3) is 26.3 Å². The molecule has 1 aromatic carbocycles. The number of imidazole rings is 1. The van der Waals surface area contributed by atoms with Gasteiger partial charge in [-0.15, -0.1) is 16.4 Å². The number of aryl methyl sites for hydroxylation is 2. The molecule has 0 bridgehead atoms. The Hall–Kier alpha value is -2.44. The van der Waals surface area contributed by atoms with Gasteiger partial charge < -0.3 is 10.4 Å². The summed E-state index contributed by atoms with van der Waals surface area (Å²) in [7, 11) is 0. The van der Waals surface area contributed by atoms with Gasteiger partial charge in [-0.05, 0) is 80.3 Å². The minimum absolute atomic E-state index is 0.144. The molecule has 0 saturated heterocycles. The van der Waals surface area contributed by atoms with Crippen LogP contribution in [0.4, 0.5) is 5.82 Å². The van der Waals surface area contributed by atoms with Crippen molar-refractivity contribution in [1.82, 2.24) is 14.6 Å². The van der Waals surface area contributed by atoms with E-state index in [0.29, 0.717) is 6.04 Å². The van der Waals surface area contributed by atoms with E-state index in [4.69, 9.17) is 5.10 Å². The Bertz CT molecular complexity index is 1120. The summed E-state index contributed by atoms with van der Waals surface area (Å²) in [5, 5.41) is 19.3. The van der Waals surface area contributed by atoms with Crippen LogP contribution in [0, 0.1) is 13.8 Å². The Morgan fingerprint density at radius 3 is 2.68 bits per heavy atom. The molecule has 144 valence electrons. The molecule has 0 spiro atoms. The third-order valence-electron chi connectivity index (χ3n) is 5.80. The number of anilines is 1. The molecule has 1 saturated carbocycles. The molecule has 4 aromatic rings. The predicted octanol–water partition coefficient (Wildman–Crippen LogP) is 4.94. The molecule has 5 rings (SSSR count). The lowest BCUT2D eigenvalue weighted by molar-refractivity contribution is 0.126. The van der Waals surface area contributed by atoms with Crippen molar-refractivity contribution in [3.8, 4) is 10.6 Å². The zero-order chi connectivity index (χ0) is 19.3. The summed E-state index contributed by atoms with van der Waals surface area (Å²) in [6.45, 7) is 4.32. The first kappa shape index (κ1) is 17.6. The van der Waals surface area contributed by atoms with Crippen molar-refractivity contribution >= 4 is 32.9 Å². The van der Waals surface area contributed by atoms with Gasteiger partial charge in [0.05, 0.1) is 17.2 Å². The zero-order valence-corrected chi connectivity index (χ0v) is 17.0. The average Bonchev–Trinajstić information content (AvgIpc) is 3.27. The first-order valence-corrected chi connectivity index (χ1v) is 10.7. The minimum atomic E-state index is -0.144. The monoisotopic (exact) mass is 392 g/mol. The zero-order valence-electron chi connectivity index (χ0n) is 16.1. The van der Waals surface area contributed by atoms with Crippen molar-refractivity contribution in [2.24, 2.45) is 0 Å². The van der Waals surface area contributed by atoms with Gasteiger partial charge in [-0.3, -0.25) is 0 Å². The molecular formula is C22H24N4OS. The van der Waals surface area contributed by atoms with Crippen molar-refractivity contribution < 1.29 is 5.11 Å². The standard InChI is InChI=1S/C22H24N4OS/c1-13-9-15-11-20(28-19(15)10-14(13)2)18-12-23-22-8-7-21(25-26(18)22)24-16-3-5-17(27)6-4-16/h7-12,16-17,27H,3-6H2,1-2H3,(H,24,25). The summed E-state index contributed by atoms with van der Waals surface area (Å²) in [5.41, 5.74) is 4.51. The molecule has 3 heterocycles. The van der Waals surface area contributed by atoms with Gasteiger partial charge in [0.15, 0.2) is 5.65 Å². The van der Waals surface area contributed by atoms with E-state index in [0.717, 1.165) is 42.8 Å². The van der Waals surface area contributed by atoms with Crippen molar-refractivity contribution in [3.05, 3.63) is 47.7 Å². The lowest BCUT2D eigenvalue weighted by Crippen LogP contribution is -2.28. The Morgan fingerprint density at radius 2 is 1.86 bits per heavy atom. The number of nitrogens with zero attached hydrogens (tertiary/aromatic N) is 3. The van der Waals surface area contributed by atoms with E-state index in [2.05, 4.69) is 42.3 Å². The Labute approximate surface area is 168 Å². The van der Waals surface area contributed by atoms with Crippen molar-refractivity contribution in [3.63, 3.8) is 0 Å². The summed E-state index contributed by atoms with van der Waals surface area (Å²) in [6, 6.07) is 11.1. The number of aromatic nitrogens is 3. The highest BCUT2D eigenvalue weighted by atomic mass is 32.1. The van der Waals surface area contributed by atoms with Crippen LogP contribution in [-0.4, -0.2) is 31.9 Å². The number of aliphatic hydroxyl groups is 1. The van der Waals surface area contributed by atoms with Crippen LogP contribution in [-0.2, 0) is 0 Å². The van der Waals surface area contributed by atoms with Gasteiger partial charge in [-0.25, -0.2) is 9.50 Å². The molecule has 1 fully saturated rings. The fourth-order valence-electron chi connectivity index (χ4n) is 3.98. The van der Waals surface area contributed by atoms with E-state index in [1.54, 1.807) is 11.3 Å². The lowest BCUT2D eigenvalue weighted by Gasteiger charge is -2.26. The van der Waals surface area contributed by atoms with E-state index >= 15 is 0 Å². The first-order valence-electron chi connectivity index (χ1n) is 9.87. The van der Waals surface area contributed by atoms with E-state index in [-0.39, 0.29) is 6.10 Å². The van der Waals surface area contributed by atoms with Gasteiger partial charge in [-0.2, -0.15) is 0 Å². The molecule has 1 aliphatic carbocycles. The van der Waals surface area contributed by atoms with Gasteiger partial charge in [0.25, 0.3) is 0 Å². The van der Waals surface area contributed by atoms with Gasteiger partial charge >= 0.3 is 0 Å². The molecule has 5 nitrogen and oxygen atoms in total. The van der Waals surface area contributed by atoms with Gasteiger partial charge in [-0.1, -0.05) is 6.07 Å². The van der Waals surface area contributed by atoms with Crippen molar-refractivity contribution in [2.75, 3.05) is 5.32 Å². The number of hydrogen-bond donors (Lipinski definition) is 2. The van der Waals surface area contributed by atoms with Crippen molar-refractivity contribution in [1.29, 1.82) is 0 Å². The van der Waals surface area contributed by atoms with Crippen LogP contribution in [0.1, 0.15) is 36.8 Å². The first-order chi connectivity index (χ1) is 13.6. The maximum Gasteiger partial charge on any atom is 0.154 e. The van der Waals surface area contributed by atoms with Gasteiger partial charge in [0, 0.05) is 10.7 Å². The topological polar surface area (TPSA) is 62.5 Å². The number of hydrogen-bond acceptors (Lipinski definition) is 5. The summed E-state index contributed by atoms with van der Waals surface area (Å²) in [6.07, 6.45) is 5.44. The molecule has 0 aliphatic heterocycles. The molecule has 1 aliphatic rings. The number of fused-ring (bicyclic) bond motifs is 2. The smallest absolute Gasteiger partial charge is 0.154 e. The second-order valence-electron chi connectivity index (χ2n) is 7.87. The van der Waals surface area contributed by atoms with Crippen molar-refractivity contribution in [2.45, 2.75) is 51.7 Å². The number of rotatable bonds is 3. The molecule has 3 aromatic heterocycles. The number of aliphatic hydroxyl groups excluding tert-OH is 1. The molecular weight excluding hydrogens is 368 g/mol. The number of thiophene rings is 1. The third-order valence-corrected chi connectivity index (χ3v) is 6.92. The quantitative estimate of drug-likeness (QED) is 0.518. The maximum atomic E-state index is 9.71. The van der Waals surface area contributed by atoms with Crippen LogP contribution < -0.4 is 5.32 Å². The lowest BCUT2D eigenvalue weighted by atomic mass is 9.93. The van der Waals surface area contributed by atoms with E-state index in [1.165, 1.54) is 26.1 Å². The molecule has 6 heteroatoms. The Balaban J connectivity index is 1.50. The van der Waals surface area contributed by atoms with Crippen LogP contribution >= 0.6 is 11.3 Å². The minimum Gasteiger partial charge on any atom is -0.393 e. The van der Waals surface area contributed by atoms with Gasteiger partial charge in [0.2, 0.25) is 0 Å². The average molecular weight is 393 g/mol. The largest absolute Gasteiger partial charge is 0.393 e. The Kier molecular flexibility index (Phi) is 4.33. The highest BCUT2D eigenvalue weighted by Crippen LogP contribution is 2.35. The second-order valence-corrected chi connectivity index (χ2v) is 8.95. The third kappa shape index (κ3) is 3.16. The predicted molar refractivity (Wildman–Crippen MR) is 115 cm³/mol. The highest BCUT2D eigenvalue weighted by Gasteiger charge is 2.20. The summed E-state index contributed by atoms with van der Waals surface area (Å²) in [4.78, 5) is 5.72. The van der Waals surface area contributed by atoms with E-state index < -0.39 is 0 Å². The van der Waals surface area contributed by atoms with Crippen LogP contribution in [0.5, 0.6) is 0 Å². The fraction of sp³-hybridized carbons (Fsp3) is 0.364. The molecule has 2 N–H and O–H groups in total. The summed E-state index contributed by atoms with van der Waals surface area (Å²) >= 11 is 1.79. The molecule has 28 heavy (non-hydrogen) atoms. The van der Waals surface area contributed by atoms with E-state index in [1.807, 2.05) is 22.8 Å². The van der Waals surface area contributed by atoms with Crippen LogP contribution in [0.3, 0.4) is 0 Å². The normalized spacial score (nSPS) is 20.1. The summed E-state index contributed by atoms with van der Waals surface area (Å²) < 4.78 is 3.23. The van der Waals surface area contributed by atoms with Gasteiger partial charge in [0.1, 0.15) is 11.5 Å². The fourth-order valence-corrected chi connectivity index (χ4v) is 5.11. The molecule has 0 atom stereocenters. The Morgan fingerprint density at radius 1 is 1.07 bits per heavy atom. The molecule has 0 amide bonds. The van der Waals surface area contributed by atoms with Crippen LogP contribution in [0.15, 0.2) is 36.5 Å².